The standard InChI is InChI=1S/C12H16N2O3S/c1-9(15)14-7-3-4-10-5-6-11(8-12(10)14)13-18(2,16)17/h5-6,8,13H,3-4,7H2,1-2H3. The van der Waals surface area contributed by atoms with E-state index in [1.165, 1.54) is 6.92 Å². The first-order valence-corrected chi connectivity index (χ1v) is 7.65. The fraction of sp³-hybridized carbons (Fsp3) is 0.417. The molecule has 1 aliphatic rings. The molecule has 1 aliphatic heterocycles. The van der Waals surface area contributed by atoms with E-state index < -0.39 is 10.0 Å². The van der Waals surface area contributed by atoms with Gasteiger partial charge in [-0.25, -0.2) is 8.42 Å². The summed E-state index contributed by atoms with van der Waals surface area (Å²) in [6.45, 7) is 2.20. The second kappa shape index (κ2) is 4.61. The molecule has 6 heteroatoms. The van der Waals surface area contributed by atoms with Crippen molar-refractivity contribution in [3.63, 3.8) is 0 Å². The van der Waals surface area contributed by atoms with Gasteiger partial charge >= 0.3 is 0 Å². The number of carbonyl (C=O) groups excluding carboxylic acids is 1. The lowest BCUT2D eigenvalue weighted by Crippen LogP contribution is -2.33. The minimum atomic E-state index is -3.29. The predicted octanol–water partition coefficient (Wildman–Crippen LogP) is 1.36. The second-order valence-electron chi connectivity index (χ2n) is 4.49. The van der Waals surface area contributed by atoms with Gasteiger partial charge in [0.1, 0.15) is 0 Å². The molecule has 5 nitrogen and oxygen atoms in total. The number of nitrogens with one attached hydrogen (secondary N) is 1. The van der Waals surface area contributed by atoms with Crippen LogP contribution in [-0.4, -0.2) is 27.1 Å². The molecule has 2 rings (SSSR count). The van der Waals surface area contributed by atoms with Crippen molar-refractivity contribution in [3.8, 4) is 0 Å². The molecule has 98 valence electrons. The lowest BCUT2D eigenvalue weighted by molar-refractivity contribution is -0.116. The molecule has 0 atom stereocenters. The van der Waals surface area contributed by atoms with Gasteiger partial charge in [-0.3, -0.25) is 9.52 Å². The number of sulfonamides is 1. The quantitative estimate of drug-likeness (QED) is 0.880. The molecule has 0 saturated heterocycles. The molecule has 1 aromatic rings. The third-order valence-electron chi connectivity index (χ3n) is 2.89. The zero-order valence-corrected chi connectivity index (χ0v) is 11.3. The highest BCUT2D eigenvalue weighted by molar-refractivity contribution is 7.92. The summed E-state index contributed by atoms with van der Waals surface area (Å²) in [5, 5.41) is 0. The van der Waals surface area contributed by atoms with Crippen molar-refractivity contribution in [2.45, 2.75) is 19.8 Å². The number of rotatable bonds is 2. The summed E-state index contributed by atoms with van der Waals surface area (Å²) in [6.07, 6.45) is 2.96. The molecule has 1 N–H and O–H groups in total. The van der Waals surface area contributed by atoms with Crippen LogP contribution in [0, 0.1) is 0 Å². The highest BCUT2D eigenvalue weighted by Crippen LogP contribution is 2.30. The van der Waals surface area contributed by atoms with Gasteiger partial charge in [-0.1, -0.05) is 6.07 Å². The van der Waals surface area contributed by atoms with Crippen LogP contribution in [0.4, 0.5) is 11.4 Å². The minimum absolute atomic E-state index is 0.0209. The van der Waals surface area contributed by atoms with Crippen LogP contribution in [0.1, 0.15) is 18.9 Å². The first-order chi connectivity index (χ1) is 8.37. The fourth-order valence-corrected chi connectivity index (χ4v) is 2.73. The zero-order valence-electron chi connectivity index (χ0n) is 10.4. The Balaban J connectivity index is 2.40. The molecule has 0 unspecified atom stereocenters. The van der Waals surface area contributed by atoms with Gasteiger partial charge in [0.2, 0.25) is 15.9 Å². The summed E-state index contributed by atoms with van der Waals surface area (Å²) in [7, 11) is -3.29. The van der Waals surface area contributed by atoms with Crippen molar-refractivity contribution in [1.82, 2.24) is 0 Å². The Morgan fingerprint density at radius 2 is 2.11 bits per heavy atom. The zero-order chi connectivity index (χ0) is 13.3. The Kier molecular flexibility index (Phi) is 3.30. The molecular formula is C12H16N2O3S. The predicted molar refractivity (Wildman–Crippen MR) is 71.3 cm³/mol. The molecule has 0 fully saturated rings. The van der Waals surface area contributed by atoms with Crippen LogP contribution in [0.2, 0.25) is 0 Å². The maximum Gasteiger partial charge on any atom is 0.229 e. The first-order valence-electron chi connectivity index (χ1n) is 5.75. The van der Waals surface area contributed by atoms with Gasteiger partial charge < -0.3 is 4.90 Å². The summed E-state index contributed by atoms with van der Waals surface area (Å²) in [5.41, 5.74) is 2.38. The Morgan fingerprint density at radius 1 is 1.39 bits per heavy atom. The van der Waals surface area contributed by atoms with E-state index in [9.17, 15) is 13.2 Å². The number of fused-ring (bicyclic) bond motifs is 1. The number of nitrogens with zero attached hydrogens (tertiary/aromatic N) is 1. The van der Waals surface area contributed by atoms with Gasteiger partial charge in [0.05, 0.1) is 11.9 Å². The maximum atomic E-state index is 11.5. The molecular weight excluding hydrogens is 252 g/mol. The Hall–Kier alpha value is -1.56. The van der Waals surface area contributed by atoms with Crippen molar-refractivity contribution >= 4 is 27.3 Å². The lowest BCUT2D eigenvalue weighted by Gasteiger charge is -2.29. The van der Waals surface area contributed by atoms with E-state index in [4.69, 9.17) is 0 Å². The Labute approximate surface area is 107 Å². The number of hydrogen-bond donors (Lipinski definition) is 1. The van der Waals surface area contributed by atoms with Crippen molar-refractivity contribution in [2.24, 2.45) is 0 Å². The average Bonchev–Trinajstić information content (AvgIpc) is 2.25. The van der Waals surface area contributed by atoms with Gasteiger partial charge in [0, 0.05) is 19.2 Å². The largest absolute Gasteiger partial charge is 0.312 e. The number of hydrogen-bond acceptors (Lipinski definition) is 3. The molecule has 0 saturated carbocycles. The van der Waals surface area contributed by atoms with Gasteiger partial charge in [0.25, 0.3) is 0 Å². The van der Waals surface area contributed by atoms with E-state index in [1.807, 2.05) is 6.07 Å². The van der Waals surface area contributed by atoms with E-state index >= 15 is 0 Å². The van der Waals surface area contributed by atoms with Crippen LogP contribution in [0.25, 0.3) is 0 Å². The lowest BCUT2D eigenvalue weighted by atomic mass is 10.0. The molecule has 1 aromatic carbocycles. The highest BCUT2D eigenvalue weighted by atomic mass is 32.2. The minimum Gasteiger partial charge on any atom is -0.312 e. The number of anilines is 2. The molecule has 0 spiro atoms. The number of aryl methyl sites for hydroxylation is 1. The van der Waals surface area contributed by atoms with E-state index in [1.54, 1.807) is 17.0 Å². The molecule has 1 heterocycles. The van der Waals surface area contributed by atoms with Crippen molar-refractivity contribution < 1.29 is 13.2 Å². The van der Waals surface area contributed by atoms with Crippen molar-refractivity contribution in [2.75, 3.05) is 22.4 Å². The van der Waals surface area contributed by atoms with E-state index in [0.29, 0.717) is 12.2 Å². The summed E-state index contributed by atoms with van der Waals surface area (Å²) in [5.74, 6) is -0.0209. The maximum absolute atomic E-state index is 11.5. The molecule has 0 bridgehead atoms. The van der Waals surface area contributed by atoms with Crippen molar-refractivity contribution in [1.29, 1.82) is 0 Å². The third-order valence-corrected chi connectivity index (χ3v) is 3.49. The van der Waals surface area contributed by atoms with E-state index in [0.717, 1.165) is 30.3 Å². The molecule has 0 aromatic heterocycles. The van der Waals surface area contributed by atoms with E-state index in [2.05, 4.69) is 4.72 Å². The van der Waals surface area contributed by atoms with Crippen molar-refractivity contribution in [3.05, 3.63) is 23.8 Å². The van der Waals surface area contributed by atoms with Crippen LogP contribution in [-0.2, 0) is 21.2 Å². The molecule has 18 heavy (non-hydrogen) atoms. The SMILES string of the molecule is CC(=O)N1CCCc2ccc(NS(C)(=O)=O)cc21. The smallest absolute Gasteiger partial charge is 0.229 e. The first kappa shape index (κ1) is 12.9. The summed E-state index contributed by atoms with van der Waals surface area (Å²) in [6, 6.07) is 5.32. The second-order valence-corrected chi connectivity index (χ2v) is 6.24. The molecule has 0 radical (unpaired) electrons. The Bertz CT molecular complexity index is 581. The van der Waals surface area contributed by atoms with Gasteiger partial charge in [0.15, 0.2) is 0 Å². The number of benzene rings is 1. The molecule has 1 amide bonds. The highest BCUT2D eigenvalue weighted by Gasteiger charge is 2.20. The number of amides is 1. The van der Waals surface area contributed by atoms with Crippen LogP contribution < -0.4 is 9.62 Å². The van der Waals surface area contributed by atoms with Crippen LogP contribution >= 0.6 is 0 Å². The van der Waals surface area contributed by atoms with Gasteiger partial charge in [-0.05, 0) is 30.5 Å². The van der Waals surface area contributed by atoms with Crippen LogP contribution in [0.5, 0.6) is 0 Å². The molecule has 0 aliphatic carbocycles. The van der Waals surface area contributed by atoms with Crippen LogP contribution in [0.3, 0.4) is 0 Å². The topological polar surface area (TPSA) is 66.5 Å². The number of carbonyl (C=O) groups is 1. The normalized spacial score (nSPS) is 15.1. The Morgan fingerprint density at radius 3 is 2.72 bits per heavy atom. The summed E-state index contributed by atoms with van der Waals surface area (Å²) < 4.78 is 24.8. The fourth-order valence-electron chi connectivity index (χ4n) is 2.18. The monoisotopic (exact) mass is 268 g/mol. The van der Waals surface area contributed by atoms with Gasteiger partial charge in [-0.2, -0.15) is 0 Å². The van der Waals surface area contributed by atoms with Gasteiger partial charge in [-0.15, -0.1) is 0 Å². The summed E-state index contributed by atoms with van der Waals surface area (Å²) >= 11 is 0. The van der Waals surface area contributed by atoms with Crippen LogP contribution in [0.15, 0.2) is 18.2 Å². The van der Waals surface area contributed by atoms with E-state index in [-0.39, 0.29) is 5.91 Å². The average molecular weight is 268 g/mol. The summed E-state index contributed by atoms with van der Waals surface area (Å²) in [4.78, 5) is 13.2. The third kappa shape index (κ3) is 2.81.